The van der Waals surface area contributed by atoms with Crippen molar-refractivity contribution in [1.82, 2.24) is 5.32 Å². The van der Waals surface area contributed by atoms with Gasteiger partial charge in [-0.05, 0) is 32.3 Å². The number of alkyl carbamates (subject to hydrolysis) is 1. The normalized spacial score (nSPS) is 13.5. The van der Waals surface area contributed by atoms with Crippen LogP contribution in [0.4, 0.5) is 4.79 Å². The molecule has 0 spiro atoms. The molecule has 1 aromatic carbocycles. The molecule has 1 amide bonds. The Hall–Kier alpha value is -1.77. The third-order valence-corrected chi connectivity index (χ3v) is 2.70. The second-order valence-electron chi connectivity index (χ2n) is 6.19. The van der Waals surface area contributed by atoms with Crippen LogP contribution in [0.15, 0.2) is 36.4 Å². The molecule has 3 nitrogen and oxygen atoms in total. The van der Waals surface area contributed by atoms with Gasteiger partial charge in [0, 0.05) is 0 Å². The van der Waals surface area contributed by atoms with Crippen molar-refractivity contribution < 1.29 is 9.53 Å². The molecule has 0 heterocycles. The third kappa shape index (κ3) is 6.41. The molecule has 0 bridgehead atoms. The molecule has 110 valence electrons. The highest BCUT2D eigenvalue weighted by molar-refractivity contribution is 5.68. The molecular formula is C17H25NO2. The summed E-state index contributed by atoms with van der Waals surface area (Å²) in [7, 11) is 0. The molecule has 1 N–H and O–H groups in total. The van der Waals surface area contributed by atoms with Crippen molar-refractivity contribution in [3.05, 3.63) is 42.0 Å². The predicted octanol–water partition coefficient (Wildman–Crippen LogP) is 4.25. The van der Waals surface area contributed by atoms with E-state index in [1.165, 1.54) is 0 Å². The first-order chi connectivity index (χ1) is 9.28. The van der Waals surface area contributed by atoms with E-state index in [9.17, 15) is 4.79 Å². The van der Waals surface area contributed by atoms with Crippen molar-refractivity contribution in [3.63, 3.8) is 0 Å². The molecule has 1 aromatic rings. The first kappa shape index (κ1) is 16.3. The van der Waals surface area contributed by atoms with E-state index in [0.717, 1.165) is 5.56 Å². The Balaban J connectivity index is 2.66. The summed E-state index contributed by atoms with van der Waals surface area (Å²) < 4.78 is 5.29. The van der Waals surface area contributed by atoms with Crippen LogP contribution in [0.3, 0.4) is 0 Å². The van der Waals surface area contributed by atoms with E-state index in [-0.39, 0.29) is 12.1 Å². The summed E-state index contributed by atoms with van der Waals surface area (Å²) in [5.74, 6) is 0.294. The van der Waals surface area contributed by atoms with Crippen LogP contribution in [0.1, 0.15) is 40.2 Å². The van der Waals surface area contributed by atoms with Gasteiger partial charge >= 0.3 is 6.09 Å². The summed E-state index contributed by atoms with van der Waals surface area (Å²) in [6, 6.07) is 9.97. The van der Waals surface area contributed by atoms with E-state index in [1.807, 2.05) is 63.3 Å². The lowest BCUT2D eigenvalue weighted by molar-refractivity contribution is 0.0504. The number of hydrogen-bond donors (Lipinski definition) is 1. The van der Waals surface area contributed by atoms with Crippen molar-refractivity contribution in [2.24, 2.45) is 5.92 Å². The second kappa shape index (κ2) is 7.13. The van der Waals surface area contributed by atoms with E-state index in [0.29, 0.717) is 5.92 Å². The first-order valence-corrected chi connectivity index (χ1v) is 7.01. The SMILES string of the molecule is CC(C)[C@@H](/C=C/c1ccccc1)NC(=O)OC(C)(C)C. The van der Waals surface area contributed by atoms with Crippen molar-refractivity contribution >= 4 is 12.2 Å². The molecule has 0 aliphatic carbocycles. The summed E-state index contributed by atoms with van der Waals surface area (Å²) in [6.07, 6.45) is 3.64. The fourth-order valence-corrected chi connectivity index (χ4v) is 1.66. The number of rotatable bonds is 4. The molecule has 0 aromatic heterocycles. The van der Waals surface area contributed by atoms with Gasteiger partial charge in [-0.2, -0.15) is 0 Å². The first-order valence-electron chi connectivity index (χ1n) is 7.01. The minimum atomic E-state index is -0.477. The van der Waals surface area contributed by atoms with Crippen LogP contribution in [0.2, 0.25) is 0 Å². The maximum absolute atomic E-state index is 11.8. The molecule has 0 radical (unpaired) electrons. The van der Waals surface area contributed by atoms with Gasteiger partial charge < -0.3 is 10.1 Å². The Morgan fingerprint density at radius 3 is 2.30 bits per heavy atom. The van der Waals surface area contributed by atoms with Crippen LogP contribution in [0, 0.1) is 5.92 Å². The summed E-state index contributed by atoms with van der Waals surface area (Å²) in [5, 5.41) is 2.90. The molecular weight excluding hydrogens is 250 g/mol. The van der Waals surface area contributed by atoms with Crippen molar-refractivity contribution in [3.8, 4) is 0 Å². The van der Waals surface area contributed by atoms with Crippen molar-refractivity contribution in [2.45, 2.75) is 46.3 Å². The molecule has 0 saturated heterocycles. The van der Waals surface area contributed by atoms with Crippen LogP contribution >= 0.6 is 0 Å². The monoisotopic (exact) mass is 275 g/mol. The van der Waals surface area contributed by atoms with Gasteiger partial charge in [0.05, 0.1) is 6.04 Å². The van der Waals surface area contributed by atoms with Gasteiger partial charge in [-0.1, -0.05) is 56.3 Å². The largest absolute Gasteiger partial charge is 0.444 e. The summed E-state index contributed by atoms with van der Waals surface area (Å²) in [5.41, 5.74) is 0.638. The number of nitrogens with one attached hydrogen (secondary N) is 1. The Kier molecular flexibility index (Phi) is 5.81. The molecule has 0 aliphatic rings. The zero-order valence-corrected chi connectivity index (χ0v) is 13.0. The van der Waals surface area contributed by atoms with Gasteiger partial charge in [0.25, 0.3) is 0 Å². The van der Waals surface area contributed by atoms with Gasteiger partial charge in [0.15, 0.2) is 0 Å². The molecule has 1 atom stereocenters. The average molecular weight is 275 g/mol. The summed E-state index contributed by atoms with van der Waals surface area (Å²) in [4.78, 5) is 11.8. The number of carbonyl (C=O) groups is 1. The van der Waals surface area contributed by atoms with Gasteiger partial charge in [0.1, 0.15) is 5.60 Å². The maximum Gasteiger partial charge on any atom is 0.408 e. The van der Waals surface area contributed by atoms with Crippen molar-refractivity contribution in [1.29, 1.82) is 0 Å². The summed E-state index contributed by atoms with van der Waals surface area (Å²) in [6.45, 7) is 9.71. The fourth-order valence-electron chi connectivity index (χ4n) is 1.66. The number of benzene rings is 1. The Morgan fingerprint density at radius 1 is 1.20 bits per heavy atom. The summed E-state index contributed by atoms with van der Waals surface area (Å²) >= 11 is 0. The van der Waals surface area contributed by atoms with Crippen molar-refractivity contribution in [2.75, 3.05) is 0 Å². The number of carbonyl (C=O) groups excluding carboxylic acids is 1. The molecule has 0 saturated carbocycles. The highest BCUT2D eigenvalue weighted by Gasteiger charge is 2.19. The highest BCUT2D eigenvalue weighted by Crippen LogP contribution is 2.11. The Bertz CT molecular complexity index is 444. The second-order valence-corrected chi connectivity index (χ2v) is 6.19. The minimum Gasteiger partial charge on any atom is -0.444 e. The van der Waals surface area contributed by atoms with E-state index >= 15 is 0 Å². The number of hydrogen-bond acceptors (Lipinski definition) is 2. The lowest BCUT2D eigenvalue weighted by atomic mass is 10.0. The van der Waals surface area contributed by atoms with Crippen LogP contribution in [-0.2, 0) is 4.74 Å². The zero-order chi connectivity index (χ0) is 15.2. The van der Waals surface area contributed by atoms with Gasteiger partial charge in [-0.25, -0.2) is 4.79 Å². The van der Waals surface area contributed by atoms with E-state index in [4.69, 9.17) is 4.74 Å². The predicted molar refractivity (Wildman–Crippen MR) is 83.5 cm³/mol. The van der Waals surface area contributed by atoms with Crippen LogP contribution in [0.25, 0.3) is 6.08 Å². The van der Waals surface area contributed by atoms with Crippen LogP contribution < -0.4 is 5.32 Å². The van der Waals surface area contributed by atoms with E-state index in [2.05, 4.69) is 19.2 Å². The molecule has 0 unspecified atom stereocenters. The topological polar surface area (TPSA) is 38.3 Å². The van der Waals surface area contributed by atoms with Crippen LogP contribution in [-0.4, -0.2) is 17.7 Å². The van der Waals surface area contributed by atoms with Crippen LogP contribution in [0.5, 0.6) is 0 Å². The smallest absolute Gasteiger partial charge is 0.408 e. The molecule has 3 heteroatoms. The quantitative estimate of drug-likeness (QED) is 0.892. The molecule has 1 rings (SSSR count). The van der Waals surface area contributed by atoms with E-state index in [1.54, 1.807) is 0 Å². The van der Waals surface area contributed by atoms with Gasteiger partial charge in [-0.3, -0.25) is 0 Å². The third-order valence-electron chi connectivity index (χ3n) is 2.70. The lowest BCUT2D eigenvalue weighted by Gasteiger charge is -2.24. The molecule has 20 heavy (non-hydrogen) atoms. The fraction of sp³-hybridized carbons (Fsp3) is 0.471. The number of amides is 1. The maximum atomic E-state index is 11.8. The number of ether oxygens (including phenoxy) is 1. The van der Waals surface area contributed by atoms with Gasteiger partial charge in [0.2, 0.25) is 0 Å². The standard InChI is InChI=1S/C17H25NO2/c1-13(2)15(18-16(19)20-17(3,4)5)12-11-14-9-7-6-8-10-14/h6-13,15H,1-5H3,(H,18,19)/b12-11+/t15-/m1/s1. The lowest BCUT2D eigenvalue weighted by Crippen LogP contribution is -2.40. The Labute approximate surface area is 122 Å². The van der Waals surface area contributed by atoms with Gasteiger partial charge in [-0.15, -0.1) is 0 Å². The Morgan fingerprint density at radius 2 is 1.80 bits per heavy atom. The molecule has 0 aliphatic heterocycles. The van der Waals surface area contributed by atoms with E-state index < -0.39 is 5.60 Å². The highest BCUT2D eigenvalue weighted by atomic mass is 16.6. The average Bonchev–Trinajstić information content (AvgIpc) is 2.33. The minimum absolute atomic E-state index is 0.0509. The molecule has 0 fully saturated rings. The zero-order valence-electron chi connectivity index (χ0n) is 13.0.